The number of rotatable bonds is 16. The molecule has 8 rings (SSSR count). The molecule has 12 nitrogen and oxygen atoms in total. The number of anilines is 2. The molecule has 0 saturated carbocycles. The fourth-order valence-corrected chi connectivity index (χ4v) is 12.2. The molecule has 1 amide bonds. The van der Waals surface area contributed by atoms with Gasteiger partial charge in [0.1, 0.15) is 4.90 Å². The number of allylic oxidation sites excluding steroid dienone is 1. The topological polar surface area (TPSA) is 140 Å². The molecule has 3 saturated heterocycles. The summed E-state index contributed by atoms with van der Waals surface area (Å²) in [5, 5.41) is 7.19. The van der Waals surface area contributed by atoms with Crippen molar-refractivity contribution in [2.24, 2.45) is 5.41 Å². The number of halogens is 4. The molecule has 1 atom stereocenters. The zero-order valence-corrected chi connectivity index (χ0v) is 39.6. The Labute approximate surface area is 394 Å². The van der Waals surface area contributed by atoms with Crippen molar-refractivity contribution in [3.63, 3.8) is 0 Å². The van der Waals surface area contributed by atoms with Gasteiger partial charge in [-0.3, -0.25) is 14.6 Å². The lowest BCUT2D eigenvalue weighted by molar-refractivity contribution is -0.0435. The number of nitrogens with zero attached hydrogens (tertiary/aromatic N) is 3. The minimum absolute atomic E-state index is 0.000196. The summed E-state index contributed by atoms with van der Waals surface area (Å²) in [7, 11) is -10.9. The highest BCUT2D eigenvalue weighted by atomic mass is 35.5. The number of thioether (sulfide) groups is 1. The number of hydrogen-bond acceptors (Lipinski definition) is 12. The Hall–Kier alpha value is -4.14. The molecular weight excluding hydrogens is 933 g/mol. The fraction of sp³-hybridized carbons (Fsp3) is 0.426. The molecule has 3 heterocycles. The third-order valence-electron chi connectivity index (χ3n) is 12.9. The molecule has 354 valence electrons. The van der Waals surface area contributed by atoms with Gasteiger partial charge >= 0.3 is 5.51 Å². The first-order chi connectivity index (χ1) is 31.6. The molecule has 0 radical (unpaired) electrons. The van der Waals surface area contributed by atoms with Gasteiger partial charge in [-0.2, -0.15) is 13.2 Å². The first-order valence-electron chi connectivity index (χ1n) is 22.1. The molecule has 0 bridgehead atoms. The number of sulfonamides is 1. The Morgan fingerprint density at radius 1 is 0.864 bits per heavy atom. The SMILES string of the molecule is O=C(NS(=O)(=O)c1ccc(NC(CCN2CCOCC2)CSc2ccccc2)c(S(=O)(=O)C(F)(F)F)c1)c1ccc(N2CCN(CC3=C(c4ccc(Cl)cc4)CCC4(CNC4)C3)CC2)cc1. The van der Waals surface area contributed by atoms with E-state index in [1.807, 2.05) is 47.2 Å². The lowest BCUT2D eigenvalue weighted by Gasteiger charge is -2.48. The van der Waals surface area contributed by atoms with Crippen molar-refractivity contribution in [1.29, 1.82) is 0 Å². The van der Waals surface area contributed by atoms with Crippen molar-refractivity contribution in [1.82, 2.24) is 19.8 Å². The number of carbonyl (C=O) groups excluding carboxylic acids is 1. The summed E-state index contributed by atoms with van der Waals surface area (Å²) in [6, 6.07) is 25.9. The number of piperazine rings is 1. The average Bonchev–Trinajstić information content (AvgIpc) is 3.30. The molecule has 3 fully saturated rings. The van der Waals surface area contributed by atoms with E-state index in [0.29, 0.717) is 56.5 Å². The van der Waals surface area contributed by atoms with Gasteiger partial charge < -0.3 is 20.3 Å². The van der Waals surface area contributed by atoms with E-state index in [0.717, 1.165) is 86.4 Å². The smallest absolute Gasteiger partial charge is 0.380 e. The molecule has 1 aliphatic carbocycles. The monoisotopic (exact) mass is 986 g/mol. The van der Waals surface area contributed by atoms with Gasteiger partial charge in [0.05, 0.1) is 23.8 Å². The van der Waals surface area contributed by atoms with Crippen molar-refractivity contribution < 1.29 is 39.5 Å². The van der Waals surface area contributed by atoms with E-state index in [1.165, 1.54) is 47.0 Å². The van der Waals surface area contributed by atoms with E-state index >= 15 is 0 Å². The summed E-state index contributed by atoms with van der Waals surface area (Å²) < 4.78 is 103. The molecule has 3 aliphatic heterocycles. The molecule has 19 heteroatoms. The first kappa shape index (κ1) is 48.3. The molecule has 4 aromatic carbocycles. The maximum Gasteiger partial charge on any atom is 0.501 e. The second kappa shape index (κ2) is 20.6. The van der Waals surface area contributed by atoms with Crippen LogP contribution >= 0.6 is 23.4 Å². The Morgan fingerprint density at radius 2 is 1.56 bits per heavy atom. The Balaban J connectivity index is 0.926. The zero-order valence-electron chi connectivity index (χ0n) is 36.4. The second-order valence-corrected chi connectivity index (χ2v) is 22.6. The normalized spacial score (nSPS) is 19.1. The molecular formula is C47H54ClF3N6O6S3. The minimum Gasteiger partial charge on any atom is -0.380 e. The zero-order chi connectivity index (χ0) is 46.5. The van der Waals surface area contributed by atoms with Crippen LogP contribution < -0.4 is 20.3 Å². The standard InChI is InChI=1S/C47H54ClF3N6O6S3/c48-37-10-6-34(7-11-37)42-16-18-46(32-52-33-46)29-36(42)30-56-20-22-57(23-21-56)39-12-8-35(9-13-39)45(58)54-66(61,62)41-14-15-43(44(28-41)65(59,60)47(49,50)51)53-38(17-19-55-24-26-63-27-25-55)31-64-40-4-2-1-3-5-40/h1-15,28,38,52-53H,16-27,29-33H2,(H,54,58). The largest absolute Gasteiger partial charge is 0.501 e. The van der Waals surface area contributed by atoms with Crippen LogP contribution in [0.3, 0.4) is 0 Å². The molecule has 66 heavy (non-hydrogen) atoms. The van der Waals surface area contributed by atoms with Crippen molar-refractivity contribution in [3.05, 3.63) is 119 Å². The number of alkyl halides is 3. The molecule has 0 aromatic heterocycles. The Bertz CT molecular complexity index is 2590. The van der Waals surface area contributed by atoms with E-state index in [9.17, 15) is 34.8 Å². The van der Waals surface area contributed by atoms with Crippen molar-refractivity contribution in [2.75, 3.05) is 94.6 Å². The van der Waals surface area contributed by atoms with Crippen molar-refractivity contribution in [3.8, 4) is 0 Å². The highest BCUT2D eigenvalue weighted by Gasteiger charge is 2.48. The predicted molar refractivity (Wildman–Crippen MR) is 253 cm³/mol. The Morgan fingerprint density at radius 3 is 2.21 bits per heavy atom. The maximum absolute atomic E-state index is 14.2. The number of ether oxygens (including phenoxy) is 1. The van der Waals surface area contributed by atoms with Gasteiger partial charge in [-0.05, 0) is 109 Å². The quantitative estimate of drug-likeness (QED) is 0.0965. The van der Waals surface area contributed by atoms with Gasteiger partial charge in [0.2, 0.25) is 0 Å². The van der Waals surface area contributed by atoms with Crippen molar-refractivity contribution >= 4 is 66.1 Å². The summed E-state index contributed by atoms with van der Waals surface area (Å²) >= 11 is 7.66. The molecule has 4 aromatic rings. The summed E-state index contributed by atoms with van der Waals surface area (Å²) in [5.74, 6) is -0.652. The number of nitrogens with one attached hydrogen (secondary N) is 3. The summed E-state index contributed by atoms with van der Waals surface area (Å²) in [5.41, 5.74) is -0.842. The average molecular weight is 988 g/mol. The lowest BCUT2D eigenvalue weighted by Crippen LogP contribution is -2.55. The van der Waals surface area contributed by atoms with Gasteiger partial charge in [0, 0.05) is 98.4 Å². The highest BCUT2D eigenvalue weighted by Crippen LogP contribution is 2.45. The van der Waals surface area contributed by atoms with E-state index < -0.39 is 52.8 Å². The number of sulfone groups is 1. The number of hydrogen-bond donors (Lipinski definition) is 3. The van der Waals surface area contributed by atoms with Crippen LogP contribution in [0.25, 0.3) is 5.57 Å². The molecule has 1 spiro atoms. The van der Waals surface area contributed by atoms with Crippen LogP contribution in [0.2, 0.25) is 5.02 Å². The summed E-state index contributed by atoms with van der Waals surface area (Å²) in [6.45, 7) is 9.12. The van der Waals surface area contributed by atoms with Crippen LogP contribution in [0.15, 0.2) is 117 Å². The third kappa shape index (κ3) is 11.6. The van der Waals surface area contributed by atoms with E-state index in [-0.39, 0.29) is 5.56 Å². The van der Waals surface area contributed by atoms with Gasteiger partial charge in [-0.1, -0.05) is 47.5 Å². The van der Waals surface area contributed by atoms with Gasteiger partial charge in [0.15, 0.2) is 0 Å². The Kier molecular flexibility index (Phi) is 15.1. The molecule has 4 aliphatic rings. The number of benzene rings is 4. The fourth-order valence-electron chi connectivity index (χ4n) is 9.07. The van der Waals surface area contributed by atoms with Crippen LogP contribution in [0.4, 0.5) is 24.5 Å². The van der Waals surface area contributed by atoms with Crippen LogP contribution in [0.1, 0.15) is 41.6 Å². The lowest BCUT2D eigenvalue weighted by atomic mass is 9.67. The van der Waals surface area contributed by atoms with Crippen LogP contribution in [-0.4, -0.2) is 129 Å². The van der Waals surface area contributed by atoms with Crippen LogP contribution in [0, 0.1) is 5.41 Å². The van der Waals surface area contributed by atoms with Crippen LogP contribution in [-0.2, 0) is 24.6 Å². The summed E-state index contributed by atoms with van der Waals surface area (Å²) in [4.78, 5) is 19.0. The number of morpholine rings is 1. The molecule has 3 N–H and O–H groups in total. The third-order valence-corrected chi connectivity index (χ3v) is 17.2. The van der Waals surface area contributed by atoms with E-state index in [4.69, 9.17) is 16.3 Å². The summed E-state index contributed by atoms with van der Waals surface area (Å²) in [6.07, 6.45) is 3.72. The van der Waals surface area contributed by atoms with Gasteiger partial charge in [-0.25, -0.2) is 21.6 Å². The van der Waals surface area contributed by atoms with E-state index in [1.54, 1.807) is 12.1 Å². The number of carbonyl (C=O) groups is 1. The van der Waals surface area contributed by atoms with E-state index in [2.05, 4.69) is 37.5 Å². The van der Waals surface area contributed by atoms with Crippen molar-refractivity contribution in [2.45, 2.75) is 51.9 Å². The maximum atomic E-state index is 14.2. The first-order valence-corrected chi connectivity index (χ1v) is 26.4. The van der Waals surface area contributed by atoms with Crippen LogP contribution in [0.5, 0.6) is 0 Å². The van der Waals surface area contributed by atoms with Gasteiger partial charge in [0.25, 0.3) is 25.8 Å². The molecule has 1 unspecified atom stereocenters. The van der Waals surface area contributed by atoms with Gasteiger partial charge in [-0.15, -0.1) is 11.8 Å². The predicted octanol–water partition coefficient (Wildman–Crippen LogP) is 7.40. The minimum atomic E-state index is -6.05. The second-order valence-electron chi connectivity index (χ2n) is 17.4. The number of amides is 1. The highest BCUT2D eigenvalue weighted by molar-refractivity contribution is 7.99.